The van der Waals surface area contributed by atoms with Crippen LogP contribution in [0.5, 0.6) is 0 Å². The molecule has 0 saturated carbocycles. The molecule has 2 aromatic carbocycles. The topological polar surface area (TPSA) is 111 Å². The zero-order chi connectivity index (χ0) is 20.3. The molecule has 0 radical (unpaired) electrons. The molecule has 0 aliphatic carbocycles. The average Bonchev–Trinajstić information content (AvgIpc) is 3.10. The van der Waals surface area contributed by atoms with Crippen LogP contribution in [0.4, 0.5) is 4.39 Å². The summed E-state index contributed by atoms with van der Waals surface area (Å²) in [6.45, 7) is 0.163. The van der Waals surface area contributed by atoms with Gasteiger partial charge in [0.05, 0.1) is 17.8 Å². The second kappa shape index (κ2) is 8.06. The Labute approximate surface area is 161 Å². The van der Waals surface area contributed by atoms with Crippen LogP contribution in [0.3, 0.4) is 0 Å². The monoisotopic (exact) mass is 381 g/mol. The Morgan fingerprint density at radius 3 is 2.36 bits per heavy atom. The van der Waals surface area contributed by atoms with Crippen LogP contribution in [0.25, 0.3) is 16.9 Å². The van der Waals surface area contributed by atoms with Crippen LogP contribution in [-0.4, -0.2) is 21.6 Å². The fourth-order valence-corrected chi connectivity index (χ4v) is 3.16. The van der Waals surface area contributed by atoms with Crippen molar-refractivity contribution in [2.24, 2.45) is 11.5 Å². The number of rotatable bonds is 7. The van der Waals surface area contributed by atoms with E-state index in [1.54, 1.807) is 30.3 Å². The first-order chi connectivity index (χ1) is 13.4. The van der Waals surface area contributed by atoms with Crippen molar-refractivity contribution in [3.8, 4) is 16.9 Å². The van der Waals surface area contributed by atoms with Gasteiger partial charge in [-0.25, -0.2) is 4.39 Å². The summed E-state index contributed by atoms with van der Waals surface area (Å²) >= 11 is 0. The maximum Gasteiger partial charge on any atom is 0.303 e. The number of nitrogens with two attached hydrogens (primary N) is 2. The highest BCUT2D eigenvalue weighted by atomic mass is 19.1. The lowest BCUT2D eigenvalue weighted by Crippen LogP contribution is -2.14. The van der Waals surface area contributed by atoms with Crippen LogP contribution in [0.15, 0.2) is 54.6 Å². The second-order valence-electron chi connectivity index (χ2n) is 6.36. The van der Waals surface area contributed by atoms with E-state index in [0.717, 1.165) is 22.6 Å². The highest BCUT2D eigenvalue weighted by molar-refractivity contribution is 5.93. The Morgan fingerprint density at radius 1 is 1.04 bits per heavy atom. The number of benzene rings is 2. The number of carboxylic acids is 1. The van der Waals surface area contributed by atoms with Gasteiger partial charge in [-0.05, 0) is 72.1 Å². The van der Waals surface area contributed by atoms with E-state index in [2.05, 4.69) is 0 Å². The maximum absolute atomic E-state index is 13.3. The Kier molecular flexibility index (Phi) is 5.56. The van der Waals surface area contributed by atoms with E-state index in [1.165, 1.54) is 12.1 Å². The summed E-state index contributed by atoms with van der Waals surface area (Å²) in [7, 11) is 0. The van der Waals surface area contributed by atoms with Gasteiger partial charge in [0.1, 0.15) is 5.82 Å². The van der Waals surface area contributed by atoms with Crippen LogP contribution in [-0.2, 0) is 17.8 Å². The number of nitrogens with zero attached hydrogens (tertiary/aromatic N) is 1. The van der Waals surface area contributed by atoms with Crippen LogP contribution in [0.1, 0.15) is 28.0 Å². The van der Waals surface area contributed by atoms with E-state index in [9.17, 15) is 14.0 Å². The van der Waals surface area contributed by atoms with Crippen molar-refractivity contribution in [3.63, 3.8) is 0 Å². The van der Waals surface area contributed by atoms with Crippen LogP contribution in [0, 0.1) is 5.82 Å². The lowest BCUT2D eigenvalue weighted by Gasteiger charge is -2.18. The van der Waals surface area contributed by atoms with Gasteiger partial charge in [0.2, 0.25) is 5.91 Å². The molecule has 0 saturated heterocycles. The molecule has 0 unspecified atom stereocenters. The average molecular weight is 381 g/mol. The summed E-state index contributed by atoms with van der Waals surface area (Å²) in [4.78, 5) is 22.6. The second-order valence-corrected chi connectivity index (χ2v) is 6.36. The molecule has 1 heterocycles. The summed E-state index contributed by atoms with van der Waals surface area (Å²) in [6.07, 6.45) is 0.266. The highest BCUT2D eigenvalue weighted by Gasteiger charge is 2.16. The molecule has 0 aliphatic heterocycles. The summed E-state index contributed by atoms with van der Waals surface area (Å²) < 4.78 is 15.2. The number of carbonyl (C=O) groups is 2. The van der Waals surface area contributed by atoms with Gasteiger partial charge < -0.3 is 21.1 Å². The fourth-order valence-electron chi connectivity index (χ4n) is 3.16. The van der Waals surface area contributed by atoms with Gasteiger partial charge in [-0.3, -0.25) is 9.59 Å². The number of halogens is 1. The van der Waals surface area contributed by atoms with Crippen molar-refractivity contribution in [1.82, 2.24) is 4.57 Å². The number of carboxylic acid groups (broad SMARTS) is 1. The van der Waals surface area contributed by atoms with Crippen LogP contribution < -0.4 is 11.5 Å². The minimum atomic E-state index is -0.904. The number of aryl methyl sites for hydroxylation is 1. The molecule has 0 atom stereocenters. The van der Waals surface area contributed by atoms with Crippen molar-refractivity contribution in [2.75, 3.05) is 0 Å². The largest absolute Gasteiger partial charge is 0.481 e. The standard InChI is InChI=1S/C21H20FN3O3/c22-16-4-1-13(2-5-16)18-9-6-17(7-10-20(26)27)25(18)19-8-3-14(21(24)28)11-15(19)12-23/h1-6,8-9,11H,7,10,12,23H2,(H2,24,28)(H,26,27). The van der Waals surface area contributed by atoms with Crippen molar-refractivity contribution in [1.29, 1.82) is 0 Å². The number of aromatic nitrogens is 1. The van der Waals surface area contributed by atoms with Crippen LogP contribution >= 0.6 is 0 Å². The minimum Gasteiger partial charge on any atom is -0.481 e. The SMILES string of the molecule is NCc1cc(C(N)=O)ccc1-n1c(CCC(=O)O)ccc1-c1ccc(F)cc1. The highest BCUT2D eigenvalue weighted by Crippen LogP contribution is 2.30. The van der Waals surface area contributed by atoms with E-state index in [1.807, 2.05) is 16.7 Å². The molecule has 6 nitrogen and oxygen atoms in total. The van der Waals surface area contributed by atoms with Gasteiger partial charge in [0.25, 0.3) is 0 Å². The molecule has 1 amide bonds. The third-order valence-corrected chi connectivity index (χ3v) is 4.52. The first-order valence-electron chi connectivity index (χ1n) is 8.72. The Morgan fingerprint density at radius 2 is 1.75 bits per heavy atom. The first kappa shape index (κ1) is 19.3. The quantitative estimate of drug-likeness (QED) is 0.584. The molecule has 3 rings (SSSR count). The van der Waals surface area contributed by atoms with Gasteiger partial charge in [0, 0.05) is 17.8 Å². The minimum absolute atomic E-state index is 0.0375. The third-order valence-electron chi connectivity index (χ3n) is 4.52. The van der Waals surface area contributed by atoms with Crippen molar-refractivity contribution < 1.29 is 19.1 Å². The van der Waals surface area contributed by atoms with E-state index in [0.29, 0.717) is 17.5 Å². The molecular formula is C21H20FN3O3. The molecule has 0 fully saturated rings. The van der Waals surface area contributed by atoms with E-state index in [-0.39, 0.29) is 18.8 Å². The molecule has 1 aromatic heterocycles. The van der Waals surface area contributed by atoms with Gasteiger partial charge in [-0.1, -0.05) is 0 Å². The zero-order valence-corrected chi connectivity index (χ0v) is 15.1. The fraction of sp³-hybridized carbons (Fsp3) is 0.143. The number of hydrogen-bond acceptors (Lipinski definition) is 3. The van der Waals surface area contributed by atoms with E-state index >= 15 is 0 Å². The van der Waals surface area contributed by atoms with Crippen LogP contribution in [0.2, 0.25) is 0 Å². The normalized spacial score (nSPS) is 10.8. The zero-order valence-electron chi connectivity index (χ0n) is 15.1. The predicted octanol–water partition coefficient (Wildman–Crippen LogP) is 2.86. The smallest absolute Gasteiger partial charge is 0.303 e. The number of aliphatic carboxylic acids is 1. The Balaban J connectivity index is 2.19. The Bertz CT molecular complexity index is 1030. The third kappa shape index (κ3) is 3.94. The maximum atomic E-state index is 13.3. The molecule has 28 heavy (non-hydrogen) atoms. The molecule has 144 valence electrons. The summed E-state index contributed by atoms with van der Waals surface area (Å²) in [5.41, 5.74) is 15.3. The predicted molar refractivity (Wildman–Crippen MR) is 104 cm³/mol. The van der Waals surface area contributed by atoms with Gasteiger partial charge >= 0.3 is 5.97 Å². The molecule has 5 N–H and O–H groups in total. The first-order valence-corrected chi connectivity index (χ1v) is 8.72. The van der Waals surface area contributed by atoms with Crippen molar-refractivity contribution in [3.05, 3.63) is 77.2 Å². The molecule has 7 heteroatoms. The summed E-state index contributed by atoms with van der Waals surface area (Å²) in [5.74, 6) is -1.81. The van der Waals surface area contributed by atoms with Gasteiger partial charge in [-0.15, -0.1) is 0 Å². The lowest BCUT2D eigenvalue weighted by atomic mass is 10.1. The van der Waals surface area contributed by atoms with Gasteiger partial charge in [-0.2, -0.15) is 0 Å². The lowest BCUT2D eigenvalue weighted by molar-refractivity contribution is -0.136. The number of primary amides is 1. The number of amides is 1. The molecule has 0 bridgehead atoms. The number of hydrogen-bond donors (Lipinski definition) is 3. The van der Waals surface area contributed by atoms with E-state index < -0.39 is 11.9 Å². The van der Waals surface area contributed by atoms with Crippen molar-refractivity contribution in [2.45, 2.75) is 19.4 Å². The van der Waals surface area contributed by atoms with Crippen molar-refractivity contribution >= 4 is 11.9 Å². The van der Waals surface area contributed by atoms with E-state index in [4.69, 9.17) is 16.6 Å². The molecule has 0 spiro atoms. The molecule has 3 aromatic rings. The van der Waals surface area contributed by atoms with Gasteiger partial charge in [0.15, 0.2) is 0 Å². The molecular weight excluding hydrogens is 361 g/mol. The summed E-state index contributed by atoms with van der Waals surface area (Å²) in [6, 6.07) is 14.7. The summed E-state index contributed by atoms with van der Waals surface area (Å²) in [5, 5.41) is 9.07. The molecule has 0 aliphatic rings. The Hall–Kier alpha value is -3.45. The number of carbonyl (C=O) groups excluding carboxylic acids is 1.